The van der Waals surface area contributed by atoms with Crippen molar-refractivity contribution >= 4 is 26.5 Å². The highest BCUT2D eigenvalue weighted by atomic mass is 32.2. The van der Waals surface area contributed by atoms with Crippen LogP contribution in [0.3, 0.4) is 0 Å². The van der Waals surface area contributed by atoms with Crippen molar-refractivity contribution in [2.24, 2.45) is 10.9 Å². The monoisotopic (exact) mass is 320 g/mol. The molecule has 0 fully saturated rings. The van der Waals surface area contributed by atoms with Gasteiger partial charge in [0.15, 0.2) is 9.84 Å². The molecule has 0 aliphatic carbocycles. The molecule has 0 saturated carbocycles. The fourth-order valence-corrected chi connectivity index (χ4v) is 4.01. The molecule has 2 heterocycles. The summed E-state index contributed by atoms with van der Waals surface area (Å²) in [6, 6.07) is 5.50. The zero-order valence-electron chi connectivity index (χ0n) is 13.0. The third-order valence-corrected chi connectivity index (χ3v) is 5.25. The maximum Gasteiger partial charge on any atom is 0.175 e. The number of rotatable bonds is 3. The smallest absolute Gasteiger partial charge is 0.175 e. The standard InChI is InChI=1S/C16H20N2O3S/c1-10(2)16-14-7-11-6-12(9-19)15(22(3,20)21)8-13(11)18(14)5-4-17-16/h6-8,10,19H,4-5,9H2,1-3H3. The Labute approximate surface area is 130 Å². The molecule has 1 aliphatic heterocycles. The van der Waals surface area contributed by atoms with E-state index in [-0.39, 0.29) is 11.5 Å². The summed E-state index contributed by atoms with van der Waals surface area (Å²) < 4.78 is 26.1. The third kappa shape index (κ3) is 2.36. The van der Waals surface area contributed by atoms with Gasteiger partial charge in [-0.2, -0.15) is 0 Å². The van der Waals surface area contributed by atoms with Gasteiger partial charge < -0.3 is 9.67 Å². The predicted octanol–water partition coefficient (Wildman–Crippen LogP) is 2.00. The number of nitrogens with zero attached hydrogens (tertiary/aromatic N) is 2. The molecule has 5 nitrogen and oxygen atoms in total. The lowest BCUT2D eigenvalue weighted by Gasteiger charge is -2.19. The fourth-order valence-electron chi connectivity index (χ4n) is 3.09. The second-order valence-electron chi connectivity index (χ2n) is 6.05. The van der Waals surface area contributed by atoms with Crippen molar-refractivity contribution in [2.75, 3.05) is 12.8 Å². The van der Waals surface area contributed by atoms with Gasteiger partial charge in [-0.3, -0.25) is 4.99 Å². The average Bonchev–Trinajstić information content (AvgIpc) is 2.82. The first kappa shape index (κ1) is 15.2. The summed E-state index contributed by atoms with van der Waals surface area (Å²) in [6.07, 6.45) is 1.17. The summed E-state index contributed by atoms with van der Waals surface area (Å²) in [5.41, 5.74) is 3.43. The first-order valence-corrected chi connectivity index (χ1v) is 9.24. The van der Waals surface area contributed by atoms with Crippen LogP contribution >= 0.6 is 0 Å². The van der Waals surface area contributed by atoms with Crippen LogP contribution in [0.1, 0.15) is 25.1 Å². The van der Waals surface area contributed by atoms with Gasteiger partial charge in [0.25, 0.3) is 0 Å². The van der Waals surface area contributed by atoms with Crippen molar-refractivity contribution in [2.45, 2.75) is 31.9 Å². The van der Waals surface area contributed by atoms with Gasteiger partial charge in [0.1, 0.15) is 0 Å². The van der Waals surface area contributed by atoms with Crippen molar-refractivity contribution in [1.29, 1.82) is 0 Å². The van der Waals surface area contributed by atoms with E-state index in [1.807, 2.05) is 6.07 Å². The Morgan fingerprint density at radius 1 is 1.32 bits per heavy atom. The molecule has 0 radical (unpaired) electrons. The molecule has 0 saturated heterocycles. The molecule has 1 aliphatic rings. The highest BCUT2D eigenvalue weighted by molar-refractivity contribution is 7.90. The number of benzene rings is 1. The predicted molar refractivity (Wildman–Crippen MR) is 87.2 cm³/mol. The maximum atomic E-state index is 12.0. The Bertz CT molecular complexity index is 876. The molecule has 0 unspecified atom stereocenters. The first-order chi connectivity index (χ1) is 10.3. The van der Waals surface area contributed by atoms with Gasteiger partial charge in [-0.25, -0.2) is 8.42 Å². The van der Waals surface area contributed by atoms with Crippen LogP contribution in [0.25, 0.3) is 10.9 Å². The highest BCUT2D eigenvalue weighted by Crippen LogP contribution is 2.29. The van der Waals surface area contributed by atoms with Gasteiger partial charge >= 0.3 is 0 Å². The minimum Gasteiger partial charge on any atom is -0.392 e. The van der Waals surface area contributed by atoms with E-state index in [1.165, 1.54) is 6.26 Å². The Hall–Kier alpha value is -1.66. The largest absolute Gasteiger partial charge is 0.392 e. The Balaban J connectivity index is 2.32. The van der Waals surface area contributed by atoms with Gasteiger partial charge in [0.2, 0.25) is 0 Å². The summed E-state index contributed by atoms with van der Waals surface area (Å²) in [5, 5.41) is 10.4. The Morgan fingerprint density at radius 2 is 2.05 bits per heavy atom. The van der Waals surface area contributed by atoms with Crippen LogP contribution in [0.2, 0.25) is 0 Å². The number of aliphatic hydroxyl groups is 1. The van der Waals surface area contributed by atoms with Crippen molar-refractivity contribution < 1.29 is 13.5 Å². The molecular formula is C16H20N2O3S. The van der Waals surface area contributed by atoms with E-state index >= 15 is 0 Å². The van der Waals surface area contributed by atoms with E-state index in [0.29, 0.717) is 18.0 Å². The van der Waals surface area contributed by atoms with Crippen molar-refractivity contribution in [3.63, 3.8) is 0 Å². The average molecular weight is 320 g/mol. The van der Waals surface area contributed by atoms with Gasteiger partial charge in [-0.1, -0.05) is 13.8 Å². The number of aliphatic hydroxyl groups excluding tert-OH is 1. The summed E-state index contributed by atoms with van der Waals surface area (Å²) in [4.78, 5) is 4.81. The number of aliphatic imine (C=N–C) groups is 1. The number of aromatic nitrogens is 1. The molecule has 0 spiro atoms. The van der Waals surface area contributed by atoms with Crippen LogP contribution in [0.4, 0.5) is 0 Å². The number of hydrogen-bond acceptors (Lipinski definition) is 4. The maximum absolute atomic E-state index is 12.0. The minimum atomic E-state index is -3.37. The molecule has 118 valence electrons. The Morgan fingerprint density at radius 3 is 2.64 bits per heavy atom. The zero-order valence-corrected chi connectivity index (χ0v) is 13.8. The van der Waals surface area contributed by atoms with E-state index in [4.69, 9.17) is 0 Å². The van der Waals surface area contributed by atoms with E-state index in [2.05, 4.69) is 23.4 Å². The fraction of sp³-hybridized carbons (Fsp3) is 0.438. The topological polar surface area (TPSA) is 71.7 Å². The summed E-state index contributed by atoms with van der Waals surface area (Å²) in [7, 11) is -3.37. The normalized spacial score (nSPS) is 15.2. The third-order valence-electron chi connectivity index (χ3n) is 4.07. The van der Waals surface area contributed by atoms with E-state index in [1.54, 1.807) is 12.1 Å². The van der Waals surface area contributed by atoms with Crippen LogP contribution in [0, 0.1) is 5.92 Å². The molecule has 1 N–H and O–H groups in total. The van der Waals surface area contributed by atoms with Crippen LogP contribution in [-0.4, -0.2) is 36.6 Å². The van der Waals surface area contributed by atoms with Crippen LogP contribution in [-0.2, 0) is 23.0 Å². The second-order valence-corrected chi connectivity index (χ2v) is 8.04. The molecule has 6 heteroatoms. The van der Waals surface area contributed by atoms with Crippen molar-refractivity contribution in [3.8, 4) is 0 Å². The molecule has 3 rings (SSSR count). The van der Waals surface area contributed by atoms with Gasteiger partial charge in [-0.05, 0) is 29.7 Å². The lowest BCUT2D eigenvalue weighted by atomic mass is 10.0. The minimum absolute atomic E-state index is 0.206. The van der Waals surface area contributed by atoms with Crippen LogP contribution in [0.15, 0.2) is 28.1 Å². The molecule has 22 heavy (non-hydrogen) atoms. The number of sulfone groups is 1. The van der Waals surface area contributed by atoms with Crippen LogP contribution in [0.5, 0.6) is 0 Å². The molecule has 1 aromatic heterocycles. The van der Waals surface area contributed by atoms with Crippen molar-refractivity contribution in [3.05, 3.63) is 29.5 Å². The van der Waals surface area contributed by atoms with E-state index in [9.17, 15) is 13.5 Å². The SMILES string of the molecule is CC(C)C1=NCCn2c1cc1cc(CO)c(S(C)(=O)=O)cc12. The first-order valence-electron chi connectivity index (χ1n) is 7.34. The van der Waals surface area contributed by atoms with Gasteiger partial charge in [0.05, 0.1) is 29.5 Å². The molecule has 2 aromatic rings. The van der Waals surface area contributed by atoms with Gasteiger partial charge in [-0.15, -0.1) is 0 Å². The molecular weight excluding hydrogens is 300 g/mol. The number of hydrogen-bond donors (Lipinski definition) is 1. The lowest BCUT2D eigenvalue weighted by molar-refractivity contribution is 0.278. The molecule has 0 bridgehead atoms. The molecule has 1 aromatic carbocycles. The van der Waals surface area contributed by atoms with Crippen molar-refractivity contribution in [1.82, 2.24) is 4.57 Å². The molecule has 0 atom stereocenters. The summed E-state index contributed by atoms with van der Waals surface area (Å²) in [5.74, 6) is 0.315. The number of fused-ring (bicyclic) bond motifs is 3. The van der Waals surface area contributed by atoms with E-state index in [0.717, 1.165) is 28.9 Å². The summed E-state index contributed by atoms with van der Waals surface area (Å²) in [6.45, 7) is 5.38. The second kappa shape index (κ2) is 5.21. The zero-order chi connectivity index (χ0) is 16.1. The van der Waals surface area contributed by atoms with E-state index < -0.39 is 9.84 Å². The highest BCUT2D eigenvalue weighted by Gasteiger charge is 2.22. The molecule has 0 amide bonds. The summed E-state index contributed by atoms with van der Waals surface area (Å²) >= 11 is 0. The lowest BCUT2D eigenvalue weighted by Crippen LogP contribution is -2.21. The van der Waals surface area contributed by atoms with Gasteiger partial charge in [0, 0.05) is 23.7 Å². The van der Waals surface area contributed by atoms with Crippen LogP contribution < -0.4 is 0 Å². The Kier molecular flexibility index (Phi) is 3.61. The quantitative estimate of drug-likeness (QED) is 0.940.